The average Bonchev–Trinajstić information content (AvgIpc) is 2.96. The van der Waals surface area contributed by atoms with E-state index in [9.17, 15) is 23.2 Å². The predicted octanol–water partition coefficient (Wildman–Crippen LogP) is 4.58. The lowest BCUT2D eigenvalue weighted by molar-refractivity contribution is -0.137. The van der Waals surface area contributed by atoms with Crippen LogP contribution in [0.4, 0.5) is 13.2 Å². The van der Waals surface area contributed by atoms with Gasteiger partial charge in [0.05, 0.1) is 22.7 Å². The van der Waals surface area contributed by atoms with Crippen molar-refractivity contribution in [2.24, 2.45) is 12.0 Å². The lowest BCUT2D eigenvalue weighted by Gasteiger charge is -2.11. The number of hydrogen-bond acceptors (Lipinski definition) is 2. The third kappa shape index (κ3) is 2.86. The molecule has 1 amide bonds. The Bertz CT molecular complexity index is 1070. The van der Waals surface area contributed by atoms with Crippen molar-refractivity contribution in [1.82, 2.24) is 4.57 Å². The molecule has 0 bridgehead atoms. The fraction of sp³-hybridized carbons (Fsp3) is 0.105. The summed E-state index contributed by atoms with van der Waals surface area (Å²) in [6.07, 6.45) is -4.43. The van der Waals surface area contributed by atoms with Crippen LogP contribution in [0.3, 0.4) is 0 Å². The minimum atomic E-state index is -4.43. The third-order valence-corrected chi connectivity index (χ3v) is 4.14. The van der Waals surface area contributed by atoms with E-state index in [2.05, 4.69) is 11.7 Å². The first kappa shape index (κ1) is 17.4. The van der Waals surface area contributed by atoms with Crippen LogP contribution in [0.25, 0.3) is 22.0 Å². The van der Waals surface area contributed by atoms with Crippen LogP contribution in [-0.4, -0.2) is 17.2 Å². The second kappa shape index (κ2) is 6.15. The van der Waals surface area contributed by atoms with Gasteiger partial charge in [0.2, 0.25) is 0 Å². The monoisotopic (exact) mass is 355 g/mol. The van der Waals surface area contributed by atoms with E-state index in [0.717, 1.165) is 12.1 Å². The van der Waals surface area contributed by atoms with Crippen LogP contribution in [0.1, 0.15) is 21.6 Å². The summed E-state index contributed by atoms with van der Waals surface area (Å²) in [5, 5.41) is 9.87. The van der Waals surface area contributed by atoms with Gasteiger partial charge in [0.15, 0.2) is 0 Å². The highest BCUT2D eigenvalue weighted by molar-refractivity contribution is 6.04. The van der Waals surface area contributed by atoms with Crippen LogP contribution in [-0.2, 0) is 13.2 Å². The molecule has 1 aromatic heterocycles. The Morgan fingerprint density at radius 2 is 1.85 bits per heavy atom. The van der Waals surface area contributed by atoms with E-state index < -0.39 is 17.6 Å². The molecule has 0 aliphatic heterocycles. The summed E-state index contributed by atoms with van der Waals surface area (Å²) in [6.45, 7) is 3.22. The van der Waals surface area contributed by atoms with Crippen LogP contribution in [0.15, 0.2) is 47.5 Å². The van der Waals surface area contributed by atoms with E-state index in [0.29, 0.717) is 27.6 Å². The maximum Gasteiger partial charge on any atom is 0.416 e. The van der Waals surface area contributed by atoms with Gasteiger partial charge in [0.25, 0.3) is 5.91 Å². The number of aliphatic imine (C=N–C) groups is 1. The van der Waals surface area contributed by atoms with Crippen LogP contribution in [0, 0.1) is 11.3 Å². The summed E-state index contributed by atoms with van der Waals surface area (Å²) in [5.41, 5.74) is 1.54. The SMILES string of the molecule is C=NC(=O)c1cc2cc(C#N)cc(-c3ccc(C(F)(F)F)cc3)c2n1C. The molecule has 26 heavy (non-hydrogen) atoms. The Hall–Kier alpha value is -3.40. The van der Waals surface area contributed by atoms with Crippen LogP contribution < -0.4 is 0 Å². The number of amides is 1. The first-order valence-electron chi connectivity index (χ1n) is 7.48. The summed E-state index contributed by atoms with van der Waals surface area (Å²) in [5.74, 6) is -0.527. The minimum absolute atomic E-state index is 0.276. The molecule has 2 aromatic carbocycles. The molecule has 0 spiro atoms. The Morgan fingerprint density at radius 1 is 1.19 bits per heavy atom. The maximum atomic E-state index is 12.8. The molecular weight excluding hydrogens is 343 g/mol. The first-order chi connectivity index (χ1) is 12.3. The van der Waals surface area contributed by atoms with Crippen LogP contribution in [0.5, 0.6) is 0 Å². The molecule has 130 valence electrons. The molecule has 0 radical (unpaired) electrons. The van der Waals surface area contributed by atoms with Crippen molar-refractivity contribution in [2.75, 3.05) is 0 Å². The van der Waals surface area contributed by atoms with E-state index in [4.69, 9.17) is 0 Å². The molecule has 0 aliphatic rings. The molecule has 0 saturated carbocycles. The van der Waals surface area contributed by atoms with Crippen molar-refractivity contribution in [3.05, 3.63) is 59.3 Å². The quantitative estimate of drug-likeness (QED) is 0.632. The van der Waals surface area contributed by atoms with Crippen molar-refractivity contribution in [2.45, 2.75) is 6.18 Å². The van der Waals surface area contributed by atoms with Crippen LogP contribution in [0.2, 0.25) is 0 Å². The van der Waals surface area contributed by atoms with Crippen LogP contribution >= 0.6 is 0 Å². The molecule has 3 rings (SSSR count). The number of rotatable bonds is 2. The average molecular weight is 355 g/mol. The lowest BCUT2D eigenvalue weighted by Crippen LogP contribution is -2.04. The summed E-state index contributed by atoms with van der Waals surface area (Å²) in [7, 11) is 1.65. The van der Waals surface area contributed by atoms with E-state index in [1.165, 1.54) is 12.1 Å². The molecule has 1 heterocycles. The van der Waals surface area contributed by atoms with Crippen molar-refractivity contribution < 1.29 is 18.0 Å². The molecule has 3 aromatic rings. The Kier molecular flexibility index (Phi) is 4.12. The van der Waals surface area contributed by atoms with Gasteiger partial charge in [-0.15, -0.1) is 0 Å². The van der Waals surface area contributed by atoms with Crippen molar-refractivity contribution in [3.8, 4) is 17.2 Å². The van der Waals surface area contributed by atoms with Gasteiger partial charge >= 0.3 is 6.18 Å². The molecule has 0 unspecified atom stereocenters. The number of aromatic nitrogens is 1. The fourth-order valence-corrected chi connectivity index (χ4v) is 2.92. The van der Waals surface area contributed by atoms with Gasteiger partial charge < -0.3 is 4.57 Å². The summed E-state index contributed by atoms with van der Waals surface area (Å²) in [6, 6.07) is 11.5. The normalized spacial score (nSPS) is 11.3. The van der Waals surface area contributed by atoms with Gasteiger partial charge in [-0.1, -0.05) is 12.1 Å². The van der Waals surface area contributed by atoms with E-state index in [1.54, 1.807) is 29.8 Å². The molecule has 0 fully saturated rings. The van der Waals surface area contributed by atoms with E-state index in [1.807, 2.05) is 6.07 Å². The van der Waals surface area contributed by atoms with Crippen molar-refractivity contribution >= 4 is 23.5 Å². The third-order valence-electron chi connectivity index (χ3n) is 4.14. The highest BCUT2D eigenvalue weighted by Gasteiger charge is 2.30. The molecule has 0 aliphatic carbocycles. The number of hydrogen-bond donors (Lipinski definition) is 0. The number of nitrogens with zero attached hydrogens (tertiary/aromatic N) is 3. The number of carbonyl (C=O) groups is 1. The first-order valence-corrected chi connectivity index (χ1v) is 7.48. The summed E-state index contributed by atoms with van der Waals surface area (Å²) >= 11 is 0. The zero-order valence-electron chi connectivity index (χ0n) is 13.6. The molecule has 0 atom stereocenters. The largest absolute Gasteiger partial charge is 0.416 e. The predicted molar refractivity (Wildman–Crippen MR) is 92.0 cm³/mol. The number of aryl methyl sites for hydroxylation is 1. The number of halogens is 3. The van der Waals surface area contributed by atoms with E-state index in [-0.39, 0.29) is 5.69 Å². The molecule has 7 heteroatoms. The summed E-state index contributed by atoms with van der Waals surface area (Å²) < 4.78 is 40.0. The number of benzene rings is 2. The standard InChI is InChI=1S/C19H12F3N3O/c1-24-18(26)16-9-13-7-11(10-23)8-15(17(13)25(16)2)12-3-5-14(6-4-12)19(20,21)22/h3-9H,1H2,2H3. The number of nitriles is 1. The van der Waals surface area contributed by atoms with Gasteiger partial charge in [-0.2, -0.15) is 18.4 Å². The highest BCUT2D eigenvalue weighted by atomic mass is 19.4. The minimum Gasteiger partial charge on any atom is -0.339 e. The number of carbonyl (C=O) groups excluding carboxylic acids is 1. The lowest BCUT2D eigenvalue weighted by atomic mass is 9.99. The van der Waals surface area contributed by atoms with Gasteiger partial charge in [-0.3, -0.25) is 4.79 Å². The fourth-order valence-electron chi connectivity index (χ4n) is 2.92. The zero-order valence-corrected chi connectivity index (χ0v) is 13.6. The molecule has 0 saturated heterocycles. The topological polar surface area (TPSA) is 58.1 Å². The second-order valence-electron chi connectivity index (χ2n) is 5.70. The molecular formula is C19H12F3N3O. The smallest absolute Gasteiger partial charge is 0.339 e. The van der Waals surface area contributed by atoms with Gasteiger partial charge in [0, 0.05) is 18.0 Å². The van der Waals surface area contributed by atoms with E-state index >= 15 is 0 Å². The molecule has 4 nitrogen and oxygen atoms in total. The Labute approximate surface area is 146 Å². The van der Waals surface area contributed by atoms with Gasteiger partial charge in [-0.05, 0) is 42.6 Å². The Morgan fingerprint density at radius 3 is 2.38 bits per heavy atom. The van der Waals surface area contributed by atoms with Gasteiger partial charge in [-0.25, -0.2) is 4.99 Å². The highest BCUT2D eigenvalue weighted by Crippen LogP contribution is 2.35. The summed E-state index contributed by atoms with van der Waals surface area (Å²) in [4.78, 5) is 15.3. The van der Waals surface area contributed by atoms with Gasteiger partial charge in [0.1, 0.15) is 5.69 Å². The maximum absolute atomic E-state index is 12.8. The number of alkyl halides is 3. The van der Waals surface area contributed by atoms with Crippen molar-refractivity contribution in [1.29, 1.82) is 5.26 Å². The van der Waals surface area contributed by atoms with Crippen molar-refractivity contribution in [3.63, 3.8) is 0 Å². The second-order valence-corrected chi connectivity index (χ2v) is 5.70. The zero-order chi connectivity index (χ0) is 19.1. The molecule has 0 N–H and O–H groups in total. The Balaban J connectivity index is 2.28. The number of fused-ring (bicyclic) bond motifs is 1.